The minimum absolute atomic E-state index is 0.784. The van der Waals surface area contributed by atoms with E-state index in [1.165, 1.54) is 0 Å². The van der Waals surface area contributed by atoms with Crippen molar-refractivity contribution in [3.8, 4) is 28.7 Å². The maximum atomic E-state index is 7.09. The van der Waals surface area contributed by atoms with Gasteiger partial charge in [-0.15, -0.1) is 0 Å². The van der Waals surface area contributed by atoms with Crippen molar-refractivity contribution in [2.24, 2.45) is 0 Å². The number of hydrogen-bond donors (Lipinski definition) is 0. The van der Waals surface area contributed by atoms with E-state index in [1.54, 1.807) is 28.4 Å². The van der Waals surface area contributed by atoms with Gasteiger partial charge in [0.2, 0.25) is 0 Å². The molecular weight excluding hydrogens is 673 g/mol. The molecule has 0 aliphatic carbocycles. The Morgan fingerprint density at radius 1 is 0.444 bits per heavy atom. The molecule has 2 heterocycles. The van der Waals surface area contributed by atoms with Crippen molar-refractivity contribution in [3.05, 3.63) is 185 Å². The molecule has 0 unspecified atom stereocenters. The Balaban J connectivity index is 1.19. The second kappa shape index (κ2) is 13.1. The molecule has 0 atom stereocenters. The van der Waals surface area contributed by atoms with Crippen molar-refractivity contribution in [2.75, 3.05) is 28.4 Å². The molecule has 0 fully saturated rings. The quantitative estimate of drug-likeness (QED) is 0.146. The van der Waals surface area contributed by atoms with Crippen molar-refractivity contribution < 1.29 is 28.4 Å². The zero-order valence-electron chi connectivity index (χ0n) is 30.5. The van der Waals surface area contributed by atoms with Crippen LogP contribution in [0.2, 0.25) is 0 Å². The molecule has 2 aliphatic rings. The molecule has 6 heteroatoms. The second-order valence-electron chi connectivity index (χ2n) is 13.5. The van der Waals surface area contributed by atoms with Gasteiger partial charge < -0.3 is 28.4 Å². The van der Waals surface area contributed by atoms with Crippen LogP contribution in [0.15, 0.2) is 146 Å². The predicted octanol–water partition coefficient (Wildman–Crippen LogP) is 10.7. The summed E-state index contributed by atoms with van der Waals surface area (Å²) < 4.78 is 35.8. The van der Waals surface area contributed by atoms with Crippen molar-refractivity contribution >= 4 is 33.7 Å². The summed E-state index contributed by atoms with van der Waals surface area (Å²) in [6, 6.07) is 45.5. The first kappa shape index (κ1) is 33.2. The van der Waals surface area contributed by atoms with Crippen molar-refractivity contribution in [1.82, 2.24) is 0 Å². The fourth-order valence-corrected chi connectivity index (χ4v) is 8.01. The third kappa shape index (κ3) is 5.17. The van der Waals surface area contributed by atoms with E-state index in [2.05, 4.69) is 103 Å². The number of methoxy groups -OCH3 is 4. The van der Waals surface area contributed by atoms with E-state index in [9.17, 15) is 0 Å². The van der Waals surface area contributed by atoms with E-state index in [1.807, 2.05) is 54.8 Å². The summed E-state index contributed by atoms with van der Waals surface area (Å²) in [5, 5.41) is 4.48. The highest BCUT2D eigenvalue weighted by molar-refractivity contribution is 6.06. The van der Waals surface area contributed by atoms with Crippen LogP contribution in [0.3, 0.4) is 0 Å². The number of benzene rings is 7. The van der Waals surface area contributed by atoms with E-state index < -0.39 is 11.2 Å². The Morgan fingerprint density at radius 3 is 1.37 bits per heavy atom. The maximum Gasteiger partial charge on any atom is 0.184 e. The van der Waals surface area contributed by atoms with Crippen molar-refractivity contribution in [3.63, 3.8) is 0 Å². The van der Waals surface area contributed by atoms with Crippen LogP contribution in [-0.2, 0) is 15.9 Å². The molecule has 0 saturated heterocycles. The highest BCUT2D eigenvalue weighted by Gasteiger charge is 2.42. The molecule has 0 bridgehead atoms. The Labute approximate surface area is 314 Å². The van der Waals surface area contributed by atoms with Gasteiger partial charge in [0, 0.05) is 33.4 Å². The molecule has 2 aliphatic heterocycles. The molecule has 0 amide bonds. The van der Waals surface area contributed by atoms with Gasteiger partial charge in [0.1, 0.15) is 28.7 Å². The first-order valence-corrected chi connectivity index (χ1v) is 17.8. The summed E-state index contributed by atoms with van der Waals surface area (Å²) in [6.45, 7) is 0. The third-order valence-electron chi connectivity index (χ3n) is 10.8. The first-order valence-electron chi connectivity index (χ1n) is 17.8. The largest absolute Gasteiger partial charge is 0.497 e. The van der Waals surface area contributed by atoms with Gasteiger partial charge in [-0.2, -0.15) is 0 Å². The zero-order valence-corrected chi connectivity index (χ0v) is 30.5. The second-order valence-corrected chi connectivity index (χ2v) is 13.5. The van der Waals surface area contributed by atoms with E-state index in [0.29, 0.717) is 0 Å². The van der Waals surface area contributed by atoms with Gasteiger partial charge >= 0.3 is 0 Å². The summed E-state index contributed by atoms with van der Waals surface area (Å²) >= 11 is 0. The number of rotatable bonds is 8. The Hall–Kier alpha value is -6.66. The molecule has 0 N–H and O–H groups in total. The molecule has 0 spiro atoms. The van der Waals surface area contributed by atoms with Crippen LogP contribution in [0.5, 0.6) is 28.7 Å². The standard InChI is InChI=1S/C48H38O6/c1-49-37-15-7-33(8-16-37)47(34-9-17-38(50-2)18-10-34)27-25-42-44-30-31-5-23-45-41(43(31)29-32(44)6-24-46(42)54-47)26-28-53-48(45,35-11-19-39(51-3)20-12-35)36-13-21-40(52-4)22-14-36/h5-30H,1-4H3. The van der Waals surface area contributed by atoms with Crippen molar-refractivity contribution in [1.29, 1.82) is 0 Å². The number of fused-ring (bicyclic) bond motifs is 6. The lowest BCUT2D eigenvalue weighted by Gasteiger charge is -2.38. The lowest BCUT2D eigenvalue weighted by Crippen LogP contribution is -2.34. The van der Waals surface area contributed by atoms with Crippen LogP contribution >= 0.6 is 0 Å². The lowest BCUT2D eigenvalue weighted by molar-refractivity contribution is 0.0958. The van der Waals surface area contributed by atoms with Crippen LogP contribution in [0, 0.1) is 0 Å². The average molecular weight is 711 g/mol. The molecule has 6 nitrogen and oxygen atoms in total. The van der Waals surface area contributed by atoms with Gasteiger partial charge in [-0.1, -0.05) is 66.7 Å². The van der Waals surface area contributed by atoms with Gasteiger partial charge in [-0.05, 0) is 112 Å². The Morgan fingerprint density at radius 2 is 0.889 bits per heavy atom. The predicted molar refractivity (Wildman–Crippen MR) is 214 cm³/mol. The zero-order chi connectivity index (χ0) is 36.9. The smallest absolute Gasteiger partial charge is 0.184 e. The SMILES string of the molecule is COc1ccc(C2(c3ccc(OC)cc3)C=Cc3c(ccc4cc5c6c(ccc5cc34)C(c3ccc(OC)cc3)(c3ccc(OC)cc3)OC=C6)O2)cc1. The van der Waals surface area contributed by atoms with Gasteiger partial charge in [0.15, 0.2) is 11.2 Å². The summed E-state index contributed by atoms with van der Waals surface area (Å²) in [4.78, 5) is 0. The lowest BCUT2D eigenvalue weighted by atomic mass is 9.76. The molecule has 7 aromatic rings. The van der Waals surface area contributed by atoms with E-state index in [4.69, 9.17) is 28.4 Å². The van der Waals surface area contributed by atoms with Gasteiger partial charge in [0.25, 0.3) is 0 Å². The van der Waals surface area contributed by atoms with Crippen LogP contribution in [-0.4, -0.2) is 28.4 Å². The minimum atomic E-state index is -0.898. The van der Waals surface area contributed by atoms with Crippen LogP contribution in [0.25, 0.3) is 33.7 Å². The monoisotopic (exact) mass is 710 g/mol. The van der Waals surface area contributed by atoms with E-state index in [0.717, 1.165) is 89.2 Å². The van der Waals surface area contributed by atoms with Gasteiger partial charge in [-0.25, -0.2) is 0 Å². The molecule has 0 aromatic heterocycles. The topological polar surface area (TPSA) is 55.4 Å². The summed E-state index contributed by atoms with van der Waals surface area (Å²) in [7, 11) is 6.71. The molecule has 9 rings (SSSR count). The summed E-state index contributed by atoms with van der Waals surface area (Å²) in [5.74, 6) is 3.95. The highest BCUT2D eigenvalue weighted by atomic mass is 16.5. The average Bonchev–Trinajstić information content (AvgIpc) is 3.25. The third-order valence-corrected chi connectivity index (χ3v) is 10.8. The Kier molecular flexibility index (Phi) is 8.04. The van der Waals surface area contributed by atoms with Crippen LogP contribution < -0.4 is 23.7 Å². The molecule has 0 saturated carbocycles. The van der Waals surface area contributed by atoms with Crippen LogP contribution in [0.1, 0.15) is 38.9 Å². The van der Waals surface area contributed by atoms with Crippen LogP contribution in [0.4, 0.5) is 0 Å². The van der Waals surface area contributed by atoms with Gasteiger partial charge in [-0.3, -0.25) is 0 Å². The first-order chi connectivity index (χ1) is 26.5. The van der Waals surface area contributed by atoms with Gasteiger partial charge in [0.05, 0.1) is 34.7 Å². The van der Waals surface area contributed by atoms with E-state index in [-0.39, 0.29) is 0 Å². The Bertz CT molecular complexity index is 2470. The highest BCUT2D eigenvalue weighted by Crippen LogP contribution is 2.49. The normalized spacial score (nSPS) is 14.7. The van der Waals surface area contributed by atoms with Crippen molar-refractivity contribution in [2.45, 2.75) is 11.2 Å². The number of hydrogen-bond acceptors (Lipinski definition) is 6. The number of ether oxygens (including phenoxy) is 6. The molecule has 54 heavy (non-hydrogen) atoms. The van der Waals surface area contributed by atoms with E-state index >= 15 is 0 Å². The summed E-state index contributed by atoms with van der Waals surface area (Å²) in [6.07, 6.45) is 8.26. The summed E-state index contributed by atoms with van der Waals surface area (Å²) in [5.41, 5.74) is 5.41. The molecule has 266 valence electrons. The minimum Gasteiger partial charge on any atom is -0.497 e. The fourth-order valence-electron chi connectivity index (χ4n) is 8.01. The fraction of sp³-hybridized carbons (Fsp3) is 0.125. The maximum absolute atomic E-state index is 7.09. The molecule has 7 aromatic carbocycles. The molecule has 0 radical (unpaired) electrons. The molecular formula is C48H38O6.